The Morgan fingerprint density at radius 1 is 1.06 bits per heavy atom. The first kappa shape index (κ1) is 21.2. The molecule has 1 amide bonds. The molecule has 166 valence electrons. The number of hydrogen-bond acceptors (Lipinski definition) is 8. The Morgan fingerprint density at radius 3 is 2.55 bits per heavy atom. The SMILES string of the molecule is O=C(c1cccc([N+](=O)[O-])c1)N1CCN(c2ncnc3c(-c4ccc(Cl)cc4)nsc23)CC1. The fourth-order valence-corrected chi connectivity index (χ4v) is 4.83. The molecule has 0 aliphatic carbocycles. The third kappa shape index (κ3) is 4.10. The maximum absolute atomic E-state index is 12.9. The van der Waals surface area contributed by atoms with Gasteiger partial charge in [0.05, 0.1) is 4.92 Å². The molecule has 0 bridgehead atoms. The third-order valence-electron chi connectivity index (χ3n) is 5.53. The summed E-state index contributed by atoms with van der Waals surface area (Å²) in [6, 6.07) is 13.3. The summed E-state index contributed by atoms with van der Waals surface area (Å²) in [5, 5.41) is 11.7. The summed E-state index contributed by atoms with van der Waals surface area (Å²) >= 11 is 7.35. The molecule has 0 N–H and O–H groups in total. The molecule has 0 atom stereocenters. The lowest BCUT2D eigenvalue weighted by atomic mass is 10.1. The molecule has 1 saturated heterocycles. The Morgan fingerprint density at radius 2 is 1.82 bits per heavy atom. The van der Waals surface area contributed by atoms with Crippen LogP contribution in [0.5, 0.6) is 0 Å². The van der Waals surface area contributed by atoms with Gasteiger partial charge < -0.3 is 9.80 Å². The maximum atomic E-state index is 12.9. The predicted octanol–water partition coefficient (Wildman–Crippen LogP) is 4.28. The van der Waals surface area contributed by atoms with E-state index in [9.17, 15) is 14.9 Å². The first-order valence-corrected chi connectivity index (χ1v) is 11.3. The van der Waals surface area contributed by atoms with Gasteiger partial charge >= 0.3 is 0 Å². The number of hydrogen-bond donors (Lipinski definition) is 0. The van der Waals surface area contributed by atoms with Crippen molar-refractivity contribution in [3.8, 4) is 11.3 Å². The predicted molar refractivity (Wildman–Crippen MR) is 127 cm³/mol. The molecule has 1 aliphatic heterocycles. The molecule has 0 saturated carbocycles. The number of piperazine rings is 1. The van der Waals surface area contributed by atoms with Gasteiger partial charge in [-0.05, 0) is 29.7 Å². The summed E-state index contributed by atoms with van der Waals surface area (Å²) in [5.74, 6) is 0.578. The Labute approximate surface area is 197 Å². The van der Waals surface area contributed by atoms with Crippen molar-refractivity contribution in [2.75, 3.05) is 31.1 Å². The van der Waals surface area contributed by atoms with Crippen LogP contribution >= 0.6 is 23.1 Å². The van der Waals surface area contributed by atoms with Gasteiger partial charge in [-0.15, -0.1) is 0 Å². The topological polar surface area (TPSA) is 105 Å². The van der Waals surface area contributed by atoms with Crippen LogP contribution in [0, 0.1) is 10.1 Å². The zero-order valence-corrected chi connectivity index (χ0v) is 18.8. The van der Waals surface area contributed by atoms with Gasteiger partial charge in [-0.1, -0.05) is 29.8 Å². The largest absolute Gasteiger partial charge is 0.352 e. The number of nitro benzene ring substituents is 1. The molecule has 11 heteroatoms. The third-order valence-corrected chi connectivity index (χ3v) is 6.61. The van der Waals surface area contributed by atoms with Crippen molar-refractivity contribution >= 4 is 50.8 Å². The maximum Gasteiger partial charge on any atom is 0.270 e. The Bertz CT molecular complexity index is 1350. The molecule has 1 fully saturated rings. The number of fused-ring (bicyclic) bond motifs is 1. The van der Waals surface area contributed by atoms with Crippen molar-refractivity contribution in [2.45, 2.75) is 0 Å². The number of nitro groups is 1. The lowest BCUT2D eigenvalue weighted by Crippen LogP contribution is -2.49. The summed E-state index contributed by atoms with van der Waals surface area (Å²) in [5.41, 5.74) is 2.72. The second-order valence-corrected chi connectivity index (χ2v) is 8.71. The van der Waals surface area contributed by atoms with Gasteiger partial charge in [-0.2, -0.15) is 4.37 Å². The van der Waals surface area contributed by atoms with E-state index in [0.717, 1.165) is 27.3 Å². The van der Waals surface area contributed by atoms with E-state index in [4.69, 9.17) is 11.6 Å². The van der Waals surface area contributed by atoms with Crippen LogP contribution in [-0.2, 0) is 0 Å². The highest BCUT2D eigenvalue weighted by Crippen LogP contribution is 2.35. The van der Waals surface area contributed by atoms with Crippen LogP contribution in [0.25, 0.3) is 21.5 Å². The van der Waals surface area contributed by atoms with E-state index < -0.39 is 4.92 Å². The summed E-state index contributed by atoms with van der Waals surface area (Å²) in [4.78, 5) is 36.2. The van der Waals surface area contributed by atoms with E-state index in [-0.39, 0.29) is 11.6 Å². The molecule has 2 aromatic heterocycles. The molecular weight excluding hydrogens is 464 g/mol. The van der Waals surface area contributed by atoms with Crippen LogP contribution in [0.2, 0.25) is 5.02 Å². The minimum atomic E-state index is -0.498. The van der Waals surface area contributed by atoms with Crippen LogP contribution in [0.1, 0.15) is 10.4 Å². The van der Waals surface area contributed by atoms with Gasteiger partial charge in [0.25, 0.3) is 11.6 Å². The van der Waals surface area contributed by atoms with E-state index in [1.54, 1.807) is 11.0 Å². The number of nitrogens with zero attached hydrogens (tertiary/aromatic N) is 6. The number of benzene rings is 2. The lowest BCUT2D eigenvalue weighted by molar-refractivity contribution is -0.384. The smallest absolute Gasteiger partial charge is 0.270 e. The van der Waals surface area contributed by atoms with Crippen molar-refractivity contribution < 1.29 is 9.72 Å². The van der Waals surface area contributed by atoms with Crippen LogP contribution in [0.15, 0.2) is 54.9 Å². The van der Waals surface area contributed by atoms with Crippen molar-refractivity contribution in [1.29, 1.82) is 0 Å². The van der Waals surface area contributed by atoms with Crippen LogP contribution in [0.4, 0.5) is 11.5 Å². The average molecular weight is 481 g/mol. The van der Waals surface area contributed by atoms with Gasteiger partial charge in [-0.3, -0.25) is 14.9 Å². The fourth-order valence-electron chi connectivity index (χ4n) is 3.83. The molecule has 4 aromatic rings. The molecule has 9 nitrogen and oxygen atoms in total. The highest BCUT2D eigenvalue weighted by molar-refractivity contribution is 7.14. The van der Waals surface area contributed by atoms with Crippen molar-refractivity contribution in [3.63, 3.8) is 0 Å². The minimum absolute atomic E-state index is 0.0930. The number of amides is 1. The molecule has 0 unspecified atom stereocenters. The number of halogens is 1. The van der Waals surface area contributed by atoms with Gasteiger partial charge in [0.15, 0.2) is 5.82 Å². The van der Waals surface area contributed by atoms with Crippen molar-refractivity contribution in [1.82, 2.24) is 19.2 Å². The number of carbonyl (C=O) groups is 1. The number of rotatable bonds is 4. The molecule has 0 spiro atoms. The number of anilines is 1. The summed E-state index contributed by atoms with van der Waals surface area (Å²) < 4.78 is 5.50. The Hall–Kier alpha value is -3.63. The second-order valence-electron chi connectivity index (χ2n) is 7.50. The van der Waals surface area contributed by atoms with Crippen LogP contribution in [0.3, 0.4) is 0 Å². The van der Waals surface area contributed by atoms with E-state index in [0.29, 0.717) is 36.8 Å². The average Bonchev–Trinajstić information content (AvgIpc) is 3.28. The Kier molecular flexibility index (Phi) is 5.61. The zero-order valence-electron chi connectivity index (χ0n) is 17.2. The summed E-state index contributed by atoms with van der Waals surface area (Å²) in [6.45, 7) is 2.13. The molecule has 33 heavy (non-hydrogen) atoms. The fraction of sp³-hybridized carbons (Fsp3) is 0.182. The van der Waals surface area contributed by atoms with Gasteiger partial charge in [0.2, 0.25) is 0 Å². The normalized spacial score (nSPS) is 14.0. The van der Waals surface area contributed by atoms with Crippen molar-refractivity contribution in [2.24, 2.45) is 0 Å². The molecule has 5 rings (SSSR count). The van der Waals surface area contributed by atoms with Gasteiger partial charge in [0.1, 0.15) is 22.2 Å². The van der Waals surface area contributed by atoms with E-state index >= 15 is 0 Å². The molecule has 2 aromatic carbocycles. The Balaban J connectivity index is 1.34. The van der Waals surface area contributed by atoms with Gasteiger partial charge in [0, 0.05) is 54.5 Å². The monoisotopic (exact) mass is 480 g/mol. The minimum Gasteiger partial charge on any atom is -0.352 e. The van der Waals surface area contributed by atoms with E-state index in [1.807, 2.05) is 24.3 Å². The molecule has 0 radical (unpaired) electrons. The van der Waals surface area contributed by atoms with Crippen LogP contribution in [-0.4, -0.2) is 56.3 Å². The molecular formula is C22H17ClN6O3S. The highest BCUT2D eigenvalue weighted by atomic mass is 35.5. The number of carbonyl (C=O) groups excluding carboxylic acids is 1. The van der Waals surface area contributed by atoms with Crippen LogP contribution < -0.4 is 4.90 Å². The highest BCUT2D eigenvalue weighted by Gasteiger charge is 2.26. The van der Waals surface area contributed by atoms with E-state index in [2.05, 4.69) is 19.2 Å². The standard InChI is InChI=1S/C22H17ClN6O3S/c23-16-6-4-14(5-7-16)18-19-20(33-26-18)21(25-13-24-19)27-8-10-28(11-9-27)22(30)15-2-1-3-17(12-15)29(31)32/h1-7,12-13H,8-11H2. The summed E-state index contributed by atoms with van der Waals surface area (Å²) in [6.07, 6.45) is 1.53. The molecule has 3 heterocycles. The van der Waals surface area contributed by atoms with Gasteiger partial charge in [-0.25, -0.2) is 9.97 Å². The zero-order chi connectivity index (χ0) is 22.9. The summed E-state index contributed by atoms with van der Waals surface area (Å²) in [7, 11) is 0. The first-order chi connectivity index (χ1) is 16.0. The number of non-ortho nitro benzene ring substituents is 1. The second kappa shape index (κ2) is 8.72. The number of aromatic nitrogens is 3. The molecule has 1 aliphatic rings. The van der Waals surface area contributed by atoms with E-state index in [1.165, 1.54) is 36.1 Å². The first-order valence-electron chi connectivity index (χ1n) is 10.2. The lowest BCUT2D eigenvalue weighted by Gasteiger charge is -2.35. The van der Waals surface area contributed by atoms with Crippen molar-refractivity contribution in [3.05, 3.63) is 75.6 Å². The quantitative estimate of drug-likeness (QED) is 0.317.